The summed E-state index contributed by atoms with van der Waals surface area (Å²) in [6, 6.07) is 5.86. The molecule has 1 amide bonds. The van der Waals surface area contributed by atoms with Gasteiger partial charge < -0.3 is 29.7 Å². The number of nitrogens with one attached hydrogen (secondary N) is 1. The van der Waals surface area contributed by atoms with Crippen LogP contribution >= 0.6 is 11.6 Å². The molecule has 0 unspecified atom stereocenters. The number of benzene rings is 1. The summed E-state index contributed by atoms with van der Waals surface area (Å²) in [4.78, 5) is 21.8. The van der Waals surface area contributed by atoms with Crippen molar-refractivity contribution in [2.75, 3.05) is 48.0 Å². The quantitative estimate of drug-likeness (QED) is 0.476. The van der Waals surface area contributed by atoms with E-state index in [2.05, 4.69) is 21.4 Å². The number of aryl methyl sites for hydroxylation is 1. The van der Waals surface area contributed by atoms with Crippen molar-refractivity contribution in [2.24, 2.45) is 5.92 Å². The molecule has 4 aliphatic rings. The normalized spacial score (nSPS) is 23.9. The number of halogens is 1. The molecule has 204 valence electrons. The molecule has 7 rings (SSSR count). The fourth-order valence-corrected chi connectivity index (χ4v) is 5.98. The van der Waals surface area contributed by atoms with Crippen LogP contribution < -0.4 is 19.9 Å². The number of aliphatic hydroxyl groups excluding tert-OH is 1. The van der Waals surface area contributed by atoms with Gasteiger partial charge in [0.05, 0.1) is 37.2 Å². The average molecular weight is 551 g/mol. The maximum Gasteiger partial charge on any atom is 0.227 e. The maximum atomic E-state index is 13.0. The van der Waals surface area contributed by atoms with E-state index in [9.17, 15) is 9.90 Å². The van der Waals surface area contributed by atoms with Crippen molar-refractivity contribution >= 4 is 46.2 Å². The highest BCUT2D eigenvalue weighted by atomic mass is 35.5. The molecule has 1 saturated heterocycles. The molecular formula is C28H31ClN6O4. The minimum atomic E-state index is -0.118. The van der Waals surface area contributed by atoms with Crippen LogP contribution in [0.4, 0.5) is 23.0 Å². The Balaban J connectivity index is 1.34. The monoisotopic (exact) mass is 550 g/mol. The number of aliphatic hydroxyl groups is 1. The van der Waals surface area contributed by atoms with Crippen LogP contribution in [0.2, 0.25) is 5.02 Å². The Morgan fingerprint density at radius 2 is 2.03 bits per heavy atom. The van der Waals surface area contributed by atoms with Gasteiger partial charge in [0.25, 0.3) is 0 Å². The summed E-state index contributed by atoms with van der Waals surface area (Å²) in [6.07, 6.45) is 9.61. The molecule has 10 nitrogen and oxygen atoms in total. The van der Waals surface area contributed by atoms with Gasteiger partial charge in [-0.1, -0.05) is 17.7 Å². The molecule has 2 N–H and O–H groups in total. The van der Waals surface area contributed by atoms with Gasteiger partial charge in [-0.2, -0.15) is 9.61 Å². The summed E-state index contributed by atoms with van der Waals surface area (Å²) >= 11 is 6.49. The summed E-state index contributed by atoms with van der Waals surface area (Å²) in [5.74, 6) is 2.77. The van der Waals surface area contributed by atoms with Gasteiger partial charge in [0.1, 0.15) is 29.0 Å². The second-order valence-electron chi connectivity index (χ2n) is 10.7. The Labute approximate surface area is 231 Å². The lowest BCUT2D eigenvalue weighted by molar-refractivity contribution is -0.119. The minimum absolute atomic E-state index is 0.00356. The van der Waals surface area contributed by atoms with E-state index in [1.165, 1.54) is 12.8 Å². The molecule has 0 spiro atoms. The predicted molar refractivity (Wildman–Crippen MR) is 148 cm³/mol. The van der Waals surface area contributed by atoms with E-state index < -0.39 is 0 Å². The van der Waals surface area contributed by atoms with Gasteiger partial charge in [0, 0.05) is 37.3 Å². The van der Waals surface area contributed by atoms with E-state index in [0.29, 0.717) is 73.0 Å². The fourth-order valence-electron chi connectivity index (χ4n) is 5.82. The lowest BCUT2D eigenvalue weighted by Gasteiger charge is -2.32. The number of hydrogen-bond donors (Lipinski definition) is 2. The molecule has 2 aromatic heterocycles. The fraction of sp³-hybridized carbons (Fsp3) is 0.464. The van der Waals surface area contributed by atoms with E-state index in [0.717, 1.165) is 23.5 Å². The van der Waals surface area contributed by atoms with Crippen LogP contribution in [-0.2, 0) is 16.0 Å². The van der Waals surface area contributed by atoms with Gasteiger partial charge in [-0.05, 0) is 49.3 Å². The van der Waals surface area contributed by atoms with Crippen LogP contribution in [-0.4, -0.2) is 70.7 Å². The Bertz CT molecular complexity index is 1450. The van der Waals surface area contributed by atoms with Crippen molar-refractivity contribution < 1.29 is 19.4 Å². The molecule has 5 heterocycles. The molecule has 1 saturated carbocycles. The number of rotatable bonds is 3. The van der Waals surface area contributed by atoms with Crippen LogP contribution in [0.5, 0.6) is 5.75 Å². The minimum Gasteiger partial charge on any atom is -0.487 e. The molecule has 1 aliphatic carbocycles. The first-order chi connectivity index (χ1) is 19.1. The van der Waals surface area contributed by atoms with Gasteiger partial charge >= 0.3 is 0 Å². The van der Waals surface area contributed by atoms with E-state index in [1.54, 1.807) is 10.7 Å². The smallest absolute Gasteiger partial charge is 0.227 e. The molecule has 3 aliphatic heterocycles. The SMILES string of the molecule is O=C1CCc2cc3cc(c2N1CC1CC1)OC/C=C/CO[C@H]1C[C@@H](CO)N(C1)c1cc(n2ncc(Cl)c2n1)N3. The van der Waals surface area contributed by atoms with Gasteiger partial charge in [0.15, 0.2) is 5.65 Å². The molecule has 2 fully saturated rings. The molecule has 6 bridgehead atoms. The third-order valence-electron chi connectivity index (χ3n) is 7.97. The van der Waals surface area contributed by atoms with Crippen molar-refractivity contribution in [1.29, 1.82) is 0 Å². The van der Waals surface area contributed by atoms with Gasteiger partial charge in [-0.15, -0.1) is 0 Å². The van der Waals surface area contributed by atoms with Crippen LogP contribution in [0.15, 0.2) is 36.5 Å². The zero-order valence-electron chi connectivity index (χ0n) is 21.6. The Morgan fingerprint density at radius 3 is 2.87 bits per heavy atom. The lowest BCUT2D eigenvalue weighted by atomic mass is 9.99. The van der Waals surface area contributed by atoms with E-state index in [1.807, 2.05) is 29.2 Å². The summed E-state index contributed by atoms with van der Waals surface area (Å²) in [5, 5.41) is 18.6. The Hall–Kier alpha value is -3.34. The molecule has 39 heavy (non-hydrogen) atoms. The number of anilines is 4. The summed E-state index contributed by atoms with van der Waals surface area (Å²) in [6.45, 7) is 2.15. The first-order valence-corrected chi connectivity index (χ1v) is 14.0. The standard InChI is InChI=1S/C28H31ClN6O4/c29-22-13-30-35-25-12-24(32-28(22)35)33-15-21(11-20(33)16-36)38-7-1-2-8-39-23-10-19(31-25)9-18-5-6-26(37)34(27(18)23)14-17-3-4-17/h1-2,9-10,12-13,17,20-21,31,36H,3-8,11,14-16H2/b2-1+/t20-,21-/m0/s1. The van der Waals surface area contributed by atoms with Crippen molar-refractivity contribution in [1.82, 2.24) is 14.6 Å². The Morgan fingerprint density at radius 1 is 1.15 bits per heavy atom. The second kappa shape index (κ2) is 10.0. The molecular weight excluding hydrogens is 520 g/mol. The Kier molecular flexibility index (Phi) is 6.33. The number of nitrogens with zero attached hydrogens (tertiary/aromatic N) is 5. The van der Waals surface area contributed by atoms with E-state index >= 15 is 0 Å². The maximum absolute atomic E-state index is 13.0. The molecule has 11 heteroatoms. The number of fused-ring (bicyclic) bond motifs is 11. The number of ether oxygens (including phenoxy) is 2. The second-order valence-corrected chi connectivity index (χ2v) is 11.2. The highest BCUT2D eigenvalue weighted by Crippen LogP contribution is 2.43. The van der Waals surface area contributed by atoms with E-state index in [-0.39, 0.29) is 24.7 Å². The zero-order valence-corrected chi connectivity index (χ0v) is 22.3. The molecule has 3 aromatic rings. The number of aromatic nitrogens is 3. The lowest BCUT2D eigenvalue weighted by Crippen LogP contribution is -2.37. The van der Waals surface area contributed by atoms with Crippen molar-refractivity contribution in [3.05, 3.63) is 47.1 Å². The van der Waals surface area contributed by atoms with Gasteiger partial charge in [-0.25, -0.2) is 4.98 Å². The van der Waals surface area contributed by atoms with Gasteiger partial charge in [-0.3, -0.25) is 4.79 Å². The van der Waals surface area contributed by atoms with Crippen molar-refractivity contribution in [3.63, 3.8) is 0 Å². The summed E-state index contributed by atoms with van der Waals surface area (Å²) in [7, 11) is 0. The van der Waals surface area contributed by atoms with Crippen LogP contribution in [0.1, 0.15) is 31.2 Å². The largest absolute Gasteiger partial charge is 0.487 e. The van der Waals surface area contributed by atoms with Crippen LogP contribution in [0, 0.1) is 5.92 Å². The number of carbonyl (C=O) groups excluding carboxylic acids is 1. The zero-order chi connectivity index (χ0) is 26.5. The first-order valence-electron chi connectivity index (χ1n) is 13.6. The van der Waals surface area contributed by atoms with Gasteiger partial charge in [0.2, 0.25) is 5.91 Å². The number of amides is 1. The third kappa shape index (κ3) is 4.70. The average Bonchev–Trinajstić information content (AvgIpc) is 3.53. The molecule has 2 atom stereocenters. The number of carbonyl (C=O) groups is 1. The summed E-state index contributed by atoms with van der Waals surface area (Å²) in [5.41, 5.74) is 3.31. The van der Waals surface area contributed by atoms with Crippen molar-refractivity contribution in [2.45, 2.75) is 44.2 Å². The third-order valence-corrected chi connectivity index (χ3v) is 8.24. The molecule has 1 aromatic carbocycles. The first kappa shape index (κ1) is 24.7. The predicted octanol–water partition coefficient (Wildman–Crippen LogP) is 3.72. The van der Waals surface area contributed by atoms with Crippen LogP contribution in [0.25, 0.3) is 5.65 Å². The summed E-state index contributed by atoms with van der Waals surface area (Å²) < 4.78 is 14.1. The van der Waals surface area contributed by atoms with Crippen LogP contribution in [0.3, 0.4) is 0 Å². The highest BCUT2D eigenvalue weighted by Gasteiger charge is 2.35. The highest BCUT2D eigenvalue weighted by molar-refractivity contribution is 6.33. The number of hydrogen-bond acceptors (Lipinski definition) is 8. The van der Waals surface area contributed by atoms with Crippen molar-refractivity contribution in [3.8, 4) is 5.75 Å². The topological polar surface area (TPSA) is 104 Å². The van der Waals surface area contributed by atoms with E-state index in [4.69, 9.17) is 26.1 Å². The molecule has 0 radical (unpaired) electrons.